The van der Waals surface area contributed by atoms with E-state index in [0.29, 0.717) is 35.1 Å². The lowest BCUT2D eigenvalue weighted by Gasteiger charge is -2.06. The van der Waals surface area contributed by atoms with E-state index in [-0.39, 0.29) is 5.91 Å². The van der Waals surface area contributed by atoms with Gasteiger partial charge in [-0.15, -0.1) is 5.10 Å². The van der Waals surface area contributed by atoms with Crippen molar-refractivity contribution < 1.29 is 4.79 Å². The molecule has 1 amide bonds. The van der Waals surface area contributed by atoms with Crippen LogP contribution in [0.15, 0.2) is 29.4 Å². The number of thioether (sulfide) groups is 1. The highest BCUT2D eigenvalue weighted by Gasteiger charge is 2.09. The lowest BCUT2D eigenvalue weighted by molar-refractivity contribution is -0.115. The van der Waals surface area contributed by atoms with Crippen molar-refractivity contribution >= 4 is 23.4 Å². The Hall–Kier alpha value is -2.40. The number of aromatic nitrogens is 4. The number of para-hydroxylation sites is 1. The third-order valence-corrected chi connectivity index (χ3v) is 3.64. The fourth-order valence-corrected chi connectivity index (χ4v) is 2.51. The van der Waals surface area contributed by atoms with Gasteiger partial charge in [0, 0.05) is 18.7 Å². The summed E-state index contributed by atoms with van der Waals surface area (Å²) in [5.74, 6) is 0.432. The third-order valence-electron chi connectivity index (χ3n) is 2.68. The Balaban J connectivity index is 1.84. The maximum absolute atomic E-state index is 11.9. The van der Waals surface area contributed by atoms with Crippen molar-refractivity contribution in [3.05, 3.63) is 29.8 Å². The van der Waals surface area contributed by atoms with Crippen LogP contribution in [0.25, 0.3) is 0 Å². The molecule has 1 N–H and O–H groups in total. The van der Waals surface area contributed by atoms with E-state index in [1.807, 2.05) is 13.0 Å². The van der Waals surface area contributed by atoms with Crippen LogP contribution in [-0.2, 0) is 11.3 Å². The van der Waals surface area contributed by atoms with Crippen molar-refractivity contribution in [3.63, 3.8) is 0 Å². The summed E-state index contributed by atoms with van der Waals surface area (Å²) in [7, 11) is 0. The number of tetrazole rings is 1. The zero-order chi connectivity index (χ0) is 15.1. The SMILES string of the molecule is CCn1nnnc1SCCC(=O)Nc1ccccc1C#N. The van der Waals surface area contributed by atoms with Gasteiger partial charge >= 0.3 is 0 Å². The number of nitriles is 1. The molecule has 0 unspecified atom stereocenters. The summed E-state index contributed by atoms with van der Waals surface area (Å²) in [5.41, 5.74) is 0.988. The quantitative estimate of drug-likeness (QED) is 0.816. The Morgan fingerprint density at radius 2 is 2.29 bits per heavy atom. The van der Waals surface area contributed by atoms with Crippen molar-refractivity contribution in [2.75, 3.05) is 11.1 Å². The second-order valence-electron chi connectivity index (χ2n) is 4.08. The number of amides is 1. The number of aryl methyl sites for hydroxylation is 1. The second-order valence-corrected chi connectivity index (χ2v) is 5.14. The number of nitrogens with one attached hydrogen (secondary N) is 1. The van der Waals surface area contributed by atoms with E-state index in [0.717, 1.165) is 0 Å². The van der Waals surface area contributed by atoms with Crippen LogP contribution in [0.4, 0.5) is 5.69 Å². The number of carbonyl (C=O) groups is 1. The van der Waals surface area contributed by atoms with E-state index in [9.17, 15) is 4.79 Å². The highest BCUT2D eigenvalue weighted by molar-refractivity contribution is 7.99. The molecule has 21 heavy (non-hydrogen) atoms. The number of hydrogen-bond acceptors (Lipinski definition) is 6. The molecule has 0 aliphatic heterocycles. The molecule has 0 atom stereocenters. The molecule has 2 aromatic rings. The van der Waals surface area contributed by atoms with E-state index >= 15 is 0 Å². The first-order valence-corrected chi connectivity index (χ1v) is 7.41. The molecule has 0 bridgehead atoms. The lowest BCUT2D eigenvalue weighted by atomic mass is 10.2. The van der Waals surface area contributed by atoms with Gasteiger partial charge in [0.2, 0.25) is 11.1 Å². The molecule has 8 heteroatoms. The van der Waals surface area contributed by atoms with Crippen molar-refractivity contribution in [1.29, 1.82) is 5.26 Å². The third kappa shape index (κ3) is 4.03. The summed E-state index contributed by atoms with van der Waals surface area (Å²) in [4.78, 5) is 11.9. The van der Waals surface area contributed by atoms with Crippen molar-refractivity contribution in [3.8, 4) is 6.07 Å². The standard InChI is InChI=1S/C13H14N6OS/c1-2-19-13(16-17-18-19)21-8-7-12(20)15-11-6-4-3-5-10(11)9-14/h3-6H,2,7-8H2,1H3,(H,15,20). The van der Waals surface area contributed by atoms with Crippen LogP contribution in [0.2, 0.25) is 0 Å². The Bertz CT molecular complexity index is 663. The van der Waals surface area contributed by atoms with Gasteiger partial charge in [0.1, 0.15) is 6.07 Å². The molecule has 7 nitrogen and oxygen atoms in total. The Morgan fingerprint density at radius 1 is 1.48 bits per heavy atom. The summed E-state index contributed by atoms with van der Waals surface area (Å²) in [6.07, 6.45) is 0.320. The zero-order valence-electron chi connectivity index (χ0n) is 11.5. The number of benzene rings is 1. The first-order valence-electron chi connectivity index (χ1n) is 6.42. The molecular formula is C13H14N6OS. The number of nitrogens with zero attached hydrogens (tertiary/aromatic N) is 5. The average Bonchev–Trinajstić information content (AvgIpc) is 2.95. The number of carbonyl (C=O) groups excluding carboxylic acids is 1. The van der Waals surface area contributed by atoms with Gasteiger partial charge in [0.05, 0.1) is 11.3 Å². The summed E-state index contributed by atoms with van der Waals surface area (Å²) in [6, 6.07) is 8.96. The van der Waals surface area contributed by atoms with Crippen molar-refractivity contribution in [2.45, 2.75) is 25.0 Å². The molecule has 1 heterocycles. The van der Waals surface area contributed by atoms with Gasteiger partial charge in [0.25, 0.3) is 0 Å². The average molecular weight is 302 g/mol. The molecule has 0 spiro atoms. The molecular weight excluding hydrogens is 288 g/mol. The minimum absolute atomic E-state index is 0.138. The van der Waals surface area contributed by atoms with Crippen LogP contribution in [0, 0.1) is 11.3 Å². The Labute approximate surface area is 126 Å². The molecule has 2 rings (SSSR count). The maximum Gasteiger partial charge on any atom is 0.225 e. The van der Waals surface area contributed by atoms with E-state index < -0.39 is 0 Å². The molecule has 0 fully saturated rings. The van der Waals surface area contributed by atoms with E-state index in [2.05, 4.69) is 20.8 Å². The second kappa shape index (κ2) is 7.40. The Morgan fingerprint density at radius 3 is 3.05 bits per heavy atom. The van der Waals surface area contributed by atoms with Gasteiger partial charge in [-0.05, 0) is 29.5 Å². The zero-order valence-corrected chi connectivity index (χ0v) is 12.3. The summed E-state index contributed by atoms with van der Waals surface area (Å²) >= 11 is 1.43. The van der Waals surface area contributed by atoms with Gasteiger partial charge in [0.15, 0.2) is 0 Å². The first kappa shape index (κ1) is 15.0. The van der Waals surface area contributed by atoms with Crippen molar-refractivity contribution in [2.24, 2.45) is 0 Å². The number of hydrogen-bond donors (Lipinski definition) is 1. The molecule has 108 valence electrons. The molecule has 0 saturated heterocycles. The van der Waals surface area contributed by atoms with E-state index in [1.165, 1.54) is 11.8 Å². The largest absolute Gasteiger partial charge is 0.325 e. The van der Waals surface area contributed by atoms with Gasteiger partial charge in [-0.1, -0.05) is 23.9 Å². The molecule has 0 radical (unpaired) electrons. The van der Waals surface area contributed by atoms with Crippen molar-refractivity contribution in [1.82, 2.24) is 20.2 Å². The van der Waals surface area contributed by atoms with Crippen LogP contribution >= 0.6 is 11.8 Å². The summed E-state index contributed by atoms with van der Waals surface area (Å²) in [5, 5.41) is 23.7. The predicted molar refractivity (Wildman–Crippen MR) is 78.6 cm³/mol. The van der Waals surface area contributed by atoms with Crippen LogP contribution < -0.4 is 5.32 Å². The van der Waals surface area contributed by atoms with Crippen LogP contribution in [0.3, 0.4) is 0 Å². The fourth-order valence-electron chi connectivity index (χ4n) is 1.64. The highest BCUT2D eigenvalue weighted by atomic mass is 32.2. The summed E-state index contributed by atoms with van der Waals surface area (Å²) in [6.45, 7) is 2.64. The van der Waals surface area contributed by atoms with Crippen LogP contribution in [-0.4, -0.2) is 31.9 Å². The Kier molecular flexibility index (Phi) is 5.29. The smallest absolute Gasteiger partial charge is 0.225 e. The highest BCUT2D eigenvalue weighted by Crippen LogP contribution is 2.17. The minimum atomic E-state index is -0.138. The predicted octanol–water partition coefficient (Wildman–Crippen LogP) is 1.69. The molecule has 1 aromatic carbocycles. The maximum atomic E-state index is 11.9. The monoisotopic (exact) mass is 302 g/mol. The van der Waals surface area contributed by atoms with Gasteiger partial charge in [-0.2, -0.15) is 5.26 Å². The molecule has 0 aliphatic carbocycles. The first-order chi connectivity index (χ1) is 10.2. The fraction of sp³-hybridized carbons (Fsp3) is 0.308. The minimum Gasteiger partial charge on any atom is -0.325 e. The topological polar surface area (TPSA) is 96.5 Å². The van der Waals surface area contributed by atoms with Crippen LogP contribution in [0.5, 0.6) is 0 Å². The molecule has 0 saturated carbocycles. The normalized spacial score (nSPS) is 10.1. The molecule has 0 aliphatic rings. The summed E-state index contributed by atoms with van der Waals surface area (Å²) < 4.78 is 1.67. The molecule has 1 aromatic heterocycles. The lowest BCUT2D eigenvalue weighted by Crippen LogP contribution is -2.13. The van der Waals surface area contributed by atoms with Gasteiger partial charge in [-0.25, -0.2) is 4.68 Å². The number of rotatable bonds is 6. The number of anilines is 1. The van der Waals surface area contributed by atoms with E-state index in [1.54, 1.807) is 28.9 Å². The van der Waals surface area contributed by atoms with Gasteiger partial charge in [-0.3, -0.25) is 4.79 Å². The van der Waals surface area contributed by atoms with E-state index in [4.69, 9.17) is 5.26 Å². The van der Waals surface area contributed by atoms with Gasteiger partial charge < -0.3 is 5.32 Å². The van der Waals surface area contributed by atoms with Crippen LogP contribution in [0.1, 0.15) is 18.9 Å².